The lowest BCUT2D eigenvalue weighted by atomic mass is 9.90. The van der Waals surface area contributed by atoms with Gasteiger partial charge in [-0.05, 0) is 35.1 Å². The fourth-order valence-corrected chi connectivity index (χ4v) is 4.12. The van der Waals surface area contributed by atoms with E-state index in [1.54, 1.807) is 0 Å². The summed E-state index contributed by atoms with van der Waals surface area (Å²) < 4.78 is 0. The number of nitrogens with two attached hydrogens (primary N) is 2. The Balaban J connectivity index is 1.71. The Kier molecular flexibility index (Phi) is 10.9. The summed E-state index contributed by atoms with van der Waals surface area (Å²) in [6, 6.07) is 24.9. The highest BCUT2D eigenvalue weighted by Gasteiger charge is 2.27. The Morgan fingerprint density at radius 2 is 1.21 bits per heavy atom. The molecule has 0 spiro atoms. The van der Waals surface area contributed by atoms with Gasteiger partial charge in [-0.1, -0.05) is 84.9 Å². The second kappa shape index (κ2) is 14.8. The standard InChI is InChI=1S/C29H35N7O3/c30-28(31)33-17-7-12-24(26(37)34-18-20-13-15-21(16-14-20)19-35-29(32)39)36-27(38)25(22-8-3-1-4-9-22)23-10-5-2-6-11-23/h1-6,8-11,13-16,24-25H,7,12,17-19H2,(H,34,37)(H,36,38)(H4,30,31,33)(H3,32,35,39)/t24-/m1/s1. The molecule has 0 aliphatic heterocycles. The number of urea groups is 1. The highest BCUT2D eigenvalue weighted by Crippen LogP contribution is 2.25. The fourth-order valence-electron chi connectivity index (χ4n) is 4.12. The maximum absolute atomic E-state index is 13.6. The van der Waals surface area contributed by atoms with E-state index in [-0.39, 0.29) is 24.3 Å². The van der Waals surface area contributed by atoms with Gasteiger partial charge in [0.05, 0.1) is 5.92 Å². The monoisotopic (exact) mass is 529 g/mol. The van der Waals surface area contributed by atoms with Crippen molar-refractivity contribution in [1.29, 1.82) is 5.41 Å². The maximum atomic E-state index is 13.6. The minimum atomic E-state index is -0.791. The number of carbonyl (C=O) groups is 3. The van der Waals surface area contributed by atoms with Crippen molar-refractivity contribution in [3.63, 3.8) is 0 Å². The summed E-state index contributed by atoms with van der Waals surface area (Å²) in [7, 11) is 0. The first-order valence-corrected chi connectivity index (χ1v) is 12.7. The molecule has 0 aliphatic rings. The van der Waals surface area contributed by atoms with Gasteiger partial charge in [0, 0.05) is 19.6 Å². The highest BCUT2D eigenvalue weighted by molar-refractivity contribution is 5.92. The van der Waals surface area contributed by atoms with Gasteiger partial charge in [-0.15, -0.1) is 0 Å². The van der Waals surface area contributed by atoms with Gasteiger partial charge < -0.3 is 32.7 Å². The summed E-state index contributed by atoms with van der Waals surface area (Å²) in [5, 5.41) is 18.5. The first-order valence-electron chi connectivity index (χ1n) is 12.7. The summed E-state index contributed by atoms with van der Waals surface area (Å²) in [6.07, 6.45) is 0.868. The number of primary amides is 1. The number of rotatable bonds is 13. The smallest absolute Gasteiger partial charge is 0.312 e. The van der Waals surface area contributed by atoms with E-state index < -0.39 is 18.0 Å². The van der Waals surface area contributed by atoms with Gasteiger partial charge >= 0.3 is 6.03 Å². The van der Waals surface area contributed by atoms with Crippen molar-refractivity contribution in [2.24, 2.45) is 11.5 Å². The first-order chi connectivity index (χ1) is 18.8. The summed E-state index contributed by atoms with van der Waals surface area (Å²) in [5.41, 5.74) is 13.9. The van der Waals surface area contributed by atoms with E-state index in [9.17, 15) is 14.4 Å². The third kappa shape index (κ3) is 9.51. The number of guanidine groups is 1. The number of hydrogen-bond acceptors (Lipinski definition) is 4. The SMILES string of the molecule is N=C(N)NCCC[C@@H](NC(=O)C(c1ccccc1)c1ccccc1)C(=O)NCc1ccc(CNC(N)=O)cc1. The molecule has 0 bridgehead atoms. The largest absolute Gasteiger partial charge is 0.370 e. The van der Waals surface area contributed by atoms with Crippen LogP contribution >= 0.6 is 0 Å². The van der Waals surface area contributed by atoms with E-state index in [4.69, 9.17) is 16.9 Å². The van der Waals surface area contributed by atoms with E-state index in [1.165, 1.54) is 0 Å². The first kappa shape index (κ1) is 28.7. The van der Waals surface area contributed by atoms with Gasteiger partial charge in [0.25, 0.3) is 0 Å². The lowest BCUT2D eigenvalue weighted by Crippen LogP contribution is -2.48. The summed E-state index contributed by atoms with van der Waals surface area (Å²) >= 11 is 0. The average Bonchev–Trinajstić information content (AvgIpc) is 2.94. The molecule has 0 saturated carbocycles. The van der Waals surface area contributed by atoms with E-state index in [0.29, 0.717) is 25.9 Å². The van der Waals surface area contributed by atoms with Crippen LogP contribution < -0.4 is 32.7 Å². The molecule has 0 saturated heterocycles. The van der Waals surface area contributed by atoms with E-state index in [0.717, 1.165) is 22.3 Å². The minimum absolute atomic E-state index is 0.150. The lowest BCUT2D eigenvalue weighted by Gasteiger charge is -2.23. The zero-order valence-corrected chi connectivity index (χ0v) is 21.7. The molecule has 0 unspecified atom stereocenters. The lowest BCUT2D eigenvalue weighted by molar-refractivity contribution is -0.129. The summed E-state index contributed by atoms with van der Waals surface area (Å²) in [4.78, 5) is 37.8. The van der Waals surface area contributed by atoms with Crippen molar-refractivity contribution in [3.8, 4) is 0 Å². The van der Waals surface area contributed by atoms with Crippen LogP contribution in [0.3, 0.4) is 0 Å². The molecular formula is C29H35N7O3. The molecule has 10 heteroatoms. The van der Waals surface area contributed by atoms with Gasteiger partial charge in [0.1, 0.15) is 6.04 Å². The molecule has 39 heavy (non-hydrogen) atoms. The number of amides is 4. The third-order valence-corrected chi connectivity index (χ3v) is 6.10. The van der Waals surface area contributed by atoms with Gasteiger partial charge in [-0.25, -0.2) is 4.79 Å². The Morgan fingerprint density at radius 3 is 1.69 bits per heavy atom. The Bertz CT molecular complexity index is 1200. The second-order valence-corrected chi connectivity index (χ2v) is 9.05. The molecule has 3 aromatic rings. The van der Waals surface area contributed by atoms with E-state index in [1.807, 2.05) is 84.9 Å². The zero-order valence-electron chi connectivity index (χ0n) is 21.7. The van der Waals surface area contributed by atoms with Crippen LogP contribution in [-0.4, -0.2) is 36.4 Å². The minimum Gasteiger partial charge on any atom is -0.370 e. The van der Waals surface area contributed by atoms with Crippen molar-refractivity contribution < 1.29 is 14.4 Å². The molecule has 204 valence electrons. The molecule has 0 heterocycles. The Hall–Kier alpha value is -4.86. The molecule has 1 atom stereocenters. The molecule has 10 nitrogen and oxygen atoms in total. The van der Waals surface area contributed by atoms with Crippen molar-refractivity contribution in [2.75, 3.05) is 6.54 Å². The van der Waals surface area contributed by atoms with E-state index >= 15 is 0 Å². The number of carbonyl (C=O) groups excluding carboxylic acids is 3. The Morgan fingerprint density at radius 1 is 0.692 bits per heavy atom. The molecule has 0 aliphatic carbocycles. The van der Waals surface area contributed by atoms with Crippen molar-refractivity contribution in [2.45, 2.75) is 37.9 Å². The average molecular weight is 530 g/mol. The van der Waals surface area contributed by atoms with Gasteiger partial charge in [-0.3, -0.25) is 15.0 Å². The number of benzene rings is 3. The quantitative estimate of drug-likeness (QED) is 0.102. The van der Waals surface area contributed by atoms with Crippen molar-refractivity contribution >= 4 is 23.8 Å². The molecule has 0 fully saturated rings. The van der Waals surface area contributed by atoms with Crippen LogP contribution in [0.2, 0.25) is 0 Å². The van der Waals surface area contributed by atoms with Crippen LogP contribution in [0.5, 0.6) is 0 Å². The van der Waals surface area contributed by atoms with Crippen LogP contribution in [0, 0.1) is 5.41 Å². The topological polar surface area (TPSA) is 175 Å². The van der Waals surface area contributed by atoms with Crippen LogP contribution in [0.4, 0.5) is 4.79 Å². The second-order valence-electron chi connectivity index (χ2n) is 9.05. The van der Waals surface area contributed by atoms with Crippen LogP contribution in [0.25, 0.3) is 0 Å². The molecule has 3 aromatic carbocycles. The predicted octanol–water partition coefficient (Wildman–Crippen LogP) is 2.05. The van der Waals surface area contributed by atoms with Gasteiger partial charge in [0.2, 0.25) is 11.8 Å². The molecule has 9 N–H and O–H groups in total. The number of hydrogen-bond donors (Lipinski definition) is 7. The molecule has 0 radical (unpaired) electrons. The predicted molar refractivity (Wildman–Crippen MR) is 151 cm³/mol. The summed E-state index contributed by atoms with van der Waals surface area (Å²) in [5.74, 6) is -1.33. The molecular weight excluding hydrogens is 494 g/mol. The highest BCUT2D eigenvalue weighted by atomic mass is 16.2. The van der Waals surface area contributed by atoms with Gasteiger partial charge in [0.15, 0.2) is 5.96 Å². The summed E-state index contributed by atoms with van der Waals surface area (Å²) in [6.45, 7) is 0.978. The van der Waals surface area contributed by atoms with Crippen molar-refractivity contribution in [3.05, 3.63) is 107 Å². The van der Waals surface area contributed by atoms with Crippen LogP contribution in [-0.2, 0) is 22.7 Å². The third-order valence-electron chi connectivity index (χ3n) is 6.10. The van der Waals surface area contributed by atoms with E-state index in [2.05, 4.69) is 21.3 Å². The molecule has 3 rings (SSSR count). The normalized spacial score (nSPS) is 11.3. The Labute approximate surface area is 228 Å². The van der Waals surface area contributed by atoms with Crippen molar-refractivity contribution in [1.82, 2.24) is 21.3 Å². The number of nitrogens with one attached hydrogen (secondary N) is 5. The van der Waals surface area contributed by atoms with Crippen LogP contribution in [0.1, 0.15) is 41.0 Å². The molecule has 4 amide bonds. The maximum Gasteiger partial charge on any atom is 0.312 e. The van der Waals surface area contributed by atoms with Gasteiger partial charge in [-0.2, -0.15) is 0 Å². The van der Waals surface area contributed by atoms with Crippen LogP contribution in [0.15, 0.2) is 84.9 Å². The zero-order chi connectivity index (χ0) is 28.0. The molecule has 0 aromatic heterocycles. The fraction of sp³-hybridized carbons (Fsp3) is 0.241.